The minimum atomic E-state index is -1.13. The third-order valence-corrected chi connectivity index (χ3v) is 3.42. The van der Waals surface area contributed by atoms with Crippen molar-refractivity contribution in [1.82, 2.24) is 5.32 Å². The maximum Gasteiger partial charge on any atom is 0.319 e. The summed E-state index contributed by atoms with van der Waals surface area (Å²) in [6.07, 6.45) is 1.84. The van der Waals surface area contributed by atoms with E-state index in [0.717, 1.165) is 0 Å². The van der Waals surface area contributed by atoms with Gasteiger partial charge >= 0.3 is 6.03 Å². The first-order chi connectivity index (χ1) is 11.4. The SMILES string of the molecule is COc1cccc(NC(=O)NCC(C)(O)Cc2ccco2)c1OC. The maximum atomic E-state index is 12.1. The summed E-state index contributed by atoms with van der Waals surface area (Å²) in [5.41, 5.74) is -0.659. The second-order valence-corrected chi connectivity index (χ2v) is 5.60. The van der Waals surface area contributed by atoms with Gasteiger partial charge in [-0.2, -0.15) is 0 Å². The Kier molecular flexibility index (Phi) is 5.70. The van der Waals surface area contributed by atoms with Crippen LogP contribution >= 0.6 is 0 Å². The Morgan fingerprint density at radius 2 is 2.04 bits per heavy atom. The normalized spacial score (nSPS) is 13.0. The van der Waals surface area contributed by atoms with Gasteiger partial charge in [0.15, 0.2) is 11.5 Å². The molecule has 1 heterocycles. The molecule has 0 fully saturated rings. The summed E-state index contributed by atoms with van der Waals surface area (Å²) in [7, 11) is 3.02. The number of amides is 2. The van der Waals surface area contributed by atoms with Crippen molar-refractivity contribution in [3.8, 4) is 11.5 Å². The summed E-state index contributed by atoms with van der Waals surface area (Å²) in [6.45, 7) is 1.69. The molecule has 0 saturated carbocycles. The molecule has 2 amide bonds. The van der Waals surface area contributed by atoms with Crippen LogP contribution in [-0.2, 0) is 6.42 Å². The highest BCUT2D eigenvalue weighted by Crippen LogP contribution is 2.34. The molecule has 7 nitrogen and oxygen atoms in total. The molecule has 1 atom stereocenters. The summed E-state index contributed by atoms with van der Waals surface area (Å²) in [5, 5.41) is 15.6. The van der Waals surface area contributed by atoms with Crippen LogP contribution in [0.1, 0.15) is 12.7 Å². The van der Waals surface area contributed by atoms with E-state index in [2.05, 4.69) is 10.6 Å². The number of nitrogens with one attached hydrogen (secondary N) is 2. The fourth-order valence-electron chi connectivity index (χ4n) is 2.27. The zero-order valence-electron chi connectivity index (χ0n) is 14.0. The third kappa shape index (κ3) is 4.66. The largest absolute Gasteiger partial charge is 0.493 e. The lowest BCUT2D eigenvalue weighted by molar-refractivity contribution is 0.0577. The molecular formula is C17H22N2O5. The highest BCUT2D eigenvalue weighted by atomic mass is 16.5. The molecule has 7 heteroatoms. The molecule has 0 saturated heterocycles. The van der Waals surface area contributed by atoms with Crippen LogP contribution in [0.4, 0.5) is 10.5 Å². The van der Waals surface area contributed by atoms with E-state index in [9.17, 15) is 9.90 Å². The molecule has 0 aliphatic carbocycles. The van der Waals surface area contributed by atoms with Gasteiger partial charge in [0.05, 0.1) is 31.8 Å². The zero-order chi connectivity index (χ0) is 17.6. The van der Waals surface area contributed by atoms with Crippen molar-refractivity contribution in [2.45, 2.75) is 18.9 Å². The van der Waals surface area contributed by atoms with Gasteiger partial charge in [-0.25, -0.2) is 4.79 Å². The van der Waals surface area contributed by atoms with Crippen molar-refractivity contribution >= 4 is 11.7 Å². The third-order valence-electron chi connectivity index (χ3n) is 3.42. The Balaban J connectivity index is 1.94. The van der Waals surface area contributed by atoms with E-state index in [1.165, 1.54) is 14.2 Å². The van der Waals surface area contributed by atoms with Gasteiger partial charge in [-0.3, -0.25) is 0 Å². The van der Waals surface area contributed by atoms with Crippen molar-refractivity contribution in [3.05, 3.63) is 42.4 Å². The highest BCUT2D eigenvalue weighted by molar-refractivity contribution is 5.91. The molecule has 0 aliphatic rings. The van der Waals surface area contributed by atoms with Gasteiger partial charge in [0.1, 0.15) is 5.76 Å². The number of carbonyl (C=O) groups is 1. The Morgan fingerprint density at radius 1 is 1.25 bits per heavy atom. The molecule has 1 aromatic carbocycles. The van der Waals surface area contributed by atoms with Crippen molar-refractivity contribution in [2.75, 3.05) is 26.1 Å². The fraction of sp³-hybridized carbons (Fsp3) is 0.353. The molecule has 1 unspecified atom stereocenters. The van der Waals surface area contributed by atoms with Crippen molar-refractivity contribution in [3.63, 3.8) is 0 Å². The number of methoxy groups -OCH3 is 2. The summed E-state index contributed by atoms with van der Waals surface area (Å²) in [6, 6.07) is 8.24. The zero-order valence-corrected chi connectivity index (χ0v) is 14.0. The first kappa shape index (κ1) is 17.7. The molecule has 2 aromatic rings. The first-order valence-electron chi connectivity index (χ1n) is 7.46. The highest BCUT2D eigenvalue weighted by Gasteiger charge is 2.23. The molecular weight excluding hydrogens is 312 g/mol. The standard InChI is InChI=1S/C17H22N2O5/c1-17(21,10-12-6-5-9-24-12)11-18-16(20)19-13-7-4-8-14(22-2)15(13)23-3/h4-9,21H,10-11H2,1-3H3,(H2,18,19,20). The van der Waals surface area contributed by atoms with E-state index in [1.54, 1.807) is 43.5 Å². The van der Waals surface area contributed by atoms with Crippen LogP contribution in [0.5, 0.6) is 11.5 Å². The summed E-state index contributed by atoms with van der Waals surface area (Å²) < 4.78 is 15.6. The van der Waals surface area contributed by atoms with E-state index < -0.39 is 11.6 Å². The quantitative estimate of drug-likeness (QED) is 0.723. The molecule has 0 radical (unpaired) electrons. The number of para-hydroxylation sites is 1. The van der Waals surface area contributed by atoms with Crippen LogP contribution < -0.4 is 20.1 Å². The lowest BCUT2D eigenvalue weighted by atomic mass is 10.0. The van der Waals surface area contributed by atoms with Gasteiger partial charge in [-0.05, 0) is 31.2 Å². The van der Waals surface area contributed by atoms with Crippen LogP contribution in [0.15, 0.2) is 41.0 Å². The van der Waals surface area contributed by atoms with Gasteiger partial charge in [0.25, 0.3) is 0 Å². The Bertz CT molecular complexity index is 668. The number of rotatable bonds is 7. The minimum Gasteiger partial charge on any atom is -0.493 e. The maximum absolute atomic E-state index is 12.1. The second kappa shape index (κ2) is 7.74. The van der Waals surface area contributed by atoms with Gasteiger partial charge in [-0.1, -0.05) is 6.07 Å². The van der Waals surface area contributed by atoms with Crippen LogP contribution in [0, 0.1) is 0 Å². The summed E-state index contributed by atoms with van der Waals surface area (Å²) >= 11 is 0. The van der Waals surface area contributed by atoms with Crippen molar-refractivity contribution < 1.29 is 23.8 Å². The van der Waals surface area contributed by atoms with E-state index in [-0.39, 0.29) is 6.54 Å². The van der Waals surface area contributed by atoms with Crippen molar-refractivity contribution in [2.24, 2.45) is 0 Å². The molecule has 2 rings (SSSR count). The van der Waals surface area contributed by atoms with E-state index in [1.807, 2.05) is 0 Å². The number of hydrogen-bond acceptors (Lipinski definition) is 5. The number of benzene rings is 1. The Hall–Kier alpha value is -2.67. The number of anilines is 1. The summed E-state index contributed by atoms with van der Waals surface area (Å²) in [4.78, 5) is 12.1. The average molecular weight is 334 g/mol. The Morgan fingerprint density at radius 3 is 2.67 bits per heavy atom. The number of aliphatic hydroxyl groups is 1. The number of hydrogen-bond donors (Lipinski definition) is 3. The molecule has 24 heavy (non-hydrogen) atoms. The lowest BCUT2D eigenvalue weighted by Gasteiger charge is -2.23. The van der Waals surface area contributed by atoms with E-state index in [4.69, 9.17) is 13.9 Å². The monoisotopic (exact) mass is 334 g/mol. The second-order valence-electron chi connectivity index (χ2n) is 5.60. The number of carbonyl (C=O) groups excluding carboxylic acids is 1. The van der Waals surface area contributed by atoms with Gasteiger partial charge in [0, 0.05) is 13.0 Å². The smallest absolute Gasteiger partial charge is 0.319 e. The Labute approximate surface area is 140 Å². The van der Waals surface area contributed by atoms with Gasteiger partial charge < -0.3 is 29.6 Å². The van der Waals surface area contributed by atoms with Crippen LogP contribution in [0.25, 0.3) is 0 Å². The number of urea groups is 1. The lowest BCUT2D eigenvalue weighted by Crippen LogP contribution is -2.43. The van der Waals surface area contributed by atoms with Crippen LogP contribution in [-0.4, -0.2) is 37.5 Å². The number of ether oxygens (including phenoxy) is 2. The predicted molar refractivity (Wildman–Crippen MR) is 89.6 cm³/mol. The molecule has 1 aromatic heterocycles. The molecule has 0 bridgehead atoms. The van der Waals surface area contributed by atoms with Crippen LogP contribution in [0.2, 0.25) is 0 Å². The molecule has 3 N–H and O–H groups in total. The molecule has 130 valence electrons. The summed E-state index contributed by atoms with van der Waals surface area (Å²) in [5.74, 6) is 1.59. The van der Waals surface area contributed by atoms with Crippen LogP contribution in [0.3, 0.4) is 0 Å². The average Bonchev–Trinajstić information content (AvgIpc) is 3.05. The molecule has 0 spiro atoms. The van der Waals surface area contributed by atoms with Gasteiger partial charge in [0.2, 0.25) is 0 Å². The topological polar surface area (TPSA) is 93.0 Å². The first-order valence-corrected chi connectivity index (χ1v) is 7.46. The fourth-order valence-corrected chi connectivity index (χ4v) is 2.27. The predicted octanol–water partition coefficient (Wildman–Crippen LogP) is 2.41. The minimum absolute atomic E-state index is 0.0613. The van der Waals surface area contributed by atoms with Crippen molar-refractivity contribution in [1.29, 1.82) is 0 Å². The van der Waals surface area contributed by atoms with E-state index in [0.29, 0.717) is 29.4 Å². The molecule has 0 aliphatic heterocycles. The van der Waals surface area contributed by atoms with Gasteiger partial charge in [-0.15, -0.1) is 0 Å². The number of furan rings is 1. The van der Waals surface area contributed by atoms with E-state index >= 15 is 0 Å².